The fourth-order valence-electron chi connectivity index (χ4n) is 2.86. The van der Waals surface area contributed by atoms with Crippen LogP contribution >= 0.6 is 0 Å². The van der Waals surface area contributed by atoms with Gasteiger partial charge in [0.25, 0.3) is 0 Å². The highest BCUT2D eigenvalue weighted by molar-refractivity contribution is 5.87. The first-order valence-corrected chi connectivity index (χ1v) is 7.91. The number of ether oxygens (including phenoxy) is 1. The molecule has 3 rings (SSSR count). The van der Waals surface area contributed by atoms with Crippen molar-refractivity contribution >= 4 is 11.9 Å². The first kappa shape index (κ1) is 16.1. The van der Waals surface area contributed by atoms with E-state index in [1.807, 2.05) is 54.6 Å². The molecular weight excluding hydrogens is 306 g/mol. The number of carboxylic acid groups (broad SMARTS) is 1. The van der Waals surface area contributed by atoms with Crippen molar-refractivity contribution in [2.75, 3.05) is 0 Å². The summed E-state index contributed by atoms with van der Waals surface area (Å²) < 4.78 is 5.78. The molecule has 0 radical (unpaired) electrons. The number of rotatable bonds is 6. The van der Waals surface area contributed by atoms with Crippen LogP contribution in [0.5, 0.6) is 5.75 Å². The standard InChI is InChI=1S/C19H19NO4/c21-18-10-9-17(19(22)23)20(18)12-15-7-4-8-16(11-15)24-13-14-5-2-1-3-6-14/h1-8,11,17H,9-10,12-13H2,(H,22,23)/t17-/m0/s1. The van der Waals surface area contributed by atoms with E-state index in [9.17, 15) is 14.7 Å². The van der Waals surface area contributed by atoms with E-state index in [0.29, 0.717) is 31.7 Å². The maximum Gasteiger partial charge on any atom is 0.326 e. The number of likely N-dealkylation sites (tertiary alicyclic amines) is 1. The molecule has 0 aromatic heterocycles. The van der Waals surface area contributed by atoms with Gasteiger partial charge in [-0.15, -0.1) is 0 Å². The zero-order valence-electron chi connectivity index (χ0n) is 13.2. The molecule has 5 heteroatoms. The molecule has 1 heterocycles. The van der Waals surface area contributed by atoms with Gasteiger partial charge in [0, 0.05) is 13.0 Å². The van der Waals surface area contributed by atoms with Crippen molar-refractivity contribution in [3.05, 3.63) is 65.7 Å². The van der Waals surface area contributed by atoms with Crippen molar-refractivity contribution < 1.29 is 19.4 Å². The van der Waals surface area contributed by atoms with Gasteiger partial charge < -0.3 is 14.7 Å². The molecule has 0 aliphatic carbocycles. The summed E-state index contributed by atoms with van der Waals surface area (Å²) in [5, 5.41) is 9.23. The Kier molecular flexibility index (Phi) is 4.79. The van der Waals surface area contributed by atoms with Gasteiger partial charge in [-0.25, -0.2) is 4.79 Å². The maximum absolute atomic E-state index is 11.9. The number of aliphatic carboxylic acids is 1. The maximum atomic E-state index is 11.9. The van der Waals surface area contributed by atoms with Gasteiger partial charge in [-0.3, -0.25) is 4.79 Å². The van der Waals surface area contributed by atoms with Gasteiger partial charge in [-0.2, -0.15) is 0 Å². The first-order valence-electron chi connectivity index (χ1n) is 7.91. The Balaban J connectivity index is 1.66. The average molecular weight is 325 g/mol. The summed E-state index contributed by atoms with van der Waals surface area (Å²) in [6.45, 7) is 0.753. The quantitative estimate of drug-likeness (QED) is 0.887. The zero-order valence-corrected chi connectivity index (χ0v) is 13.2. The van der Waals surface area contributed by atoms with E-state index >= 15 is 0 Å². The zero-order chi connectivity index (χ0) is 16.9. The lowest BCUT2D eigenvalue weighted by Crippen LogP contribution is -2.37. The molecule has 124 valence electrons. The largest absolute Gasteiger partial charge is 0.489 e. The second kappa shape index (κ2) is 7.17. The third kappa shape index (κ3) is 3.74. The molecule has 1 N–H and O–H groups in total. The third-order valence-corrected chi connectivity index (χ3v) is 4.11. The molecule has 0 unspecified atom stereocenters. The van der Waals surface area contributed by atoms with E-state index in [1.54, 1.807) is 0 Å². The van der Waals surface area contributed by atoms with E-state index in [4.69, 9.17) is 4.74 Å². The van der Waals surface area contributed by atoms with Crippen LogP contribution in [-0.2, 0) is 22.7 Å². The van der Waals surface area contributed by atoms with E-state index in [1.165, 1.54) is 4.90 Å². The monoisotopic (exact) mass is 325 g/mol. The molecule has 0 saturated carbocycles. The number of carbonyl (C=O) groups excluding carboxylic acids is 1. The SMILES string of the molecule is O=C(O)[C@@H]1CCC(=O)N1Cc1cccc(OCc2ccccc2)c1. The van der Waals surface area contributed by atoms with Gasteiger partial charge in [-0.1, -0.05) is 42.5 Å². The van der Waals surface area contributed by atoms with Gasteiger partial charge in [0.2, 0.25) is 5.91 Å². The van der Waals surface area contributed by atoms with Crippen molar-refractivity contribution in [2.24, 2.45) is 0 Å². The second-order valence-corrected chi connectivity index (χ2v) is 5.84. The lowest BCUT2D eigenvalue weighted by molar-refractivity contribution is -0.146. The van der Waals surface area contributed by atoms with E-state index in [0.717, 1.165) is 11.1 Å². The summed E-state index contributed by atoms with van der Waals surface area (Å²) in [5.74, 6) is -0.356. The van der Waals surface area contributed by atoms with Gasteiger partial charge in [-0.05, 0) is 29.7 Å². The summed E-state index contributed by atoms with van der Waals surface area (Å²) in [4.78, 5) is 24.6. The summed E-state index contributed by atoms with van der Waals surface area (Å²) in [6, 6.07) is 16.6. The molecule has 24 heavy (non-hydrogen) atoms. The molecule has 1 aliphatic heterocycles. The minimum absolute atomic E-state index is 0.113. The Morgan fingerprint density at radius 2 is 1.88 bits per heavy atom. The van der Waals surface area contributed by atoms with Crippen LogP contribution in [0.3, 0.4) is 0 Å². The number of hydrogen-bond donors (Lipinski definition) is 1. The average Bonchev–Trinajstić information content (AvgIpc) is 2.95. The second-order valence-electron chi connectivity index (χ2n) is 5.84. The van der Waals surface area contributed by atoms with Gasteiger partial charge in [0.05, 0.1) is 0 Å². The molecule has 0 bridgehead atoms. The molecule has 1 fully saturated rings. The highest BCUT2D eigenvalue weighted by Crippen LogP contribution is 2.23. The Morgan fingerprint density at radius 1 is 1.12 bits per heavy atom. The number of amides is 1. The molecule has 0 spiro atoms. The third-order valence-electron chi connectivity index (χ3n) is 4.11. The lowest BCUT2D eigenvalue weighted by atomic mass is 10.1. The van der Waals surface area contributed by atoms with Crippen LogP contribution in [0.4, 0.5) is 0 Å². The Hall–Kier alpha value is -2.82. The summed E-state index contributed by atoms with van der Waals surface area (Å²) in [6.07, 6.45) is 0.666. The molecule has 1 aliphatic rings. The molecule has 1 atom stereocenters. The fourth-order valence-corrected chi connectivity index (χ4v) is 2.86. The summed E-state index contributed by atoms with van der Waals surface area (Å²) in [7, 11) is 0. The highest BCUT2D eigenvalue weighted by Gasteiger charge is 2.35. The number of benzene rings is 2. The van der Waals surface area contributed by atoms with Crippen LogP contribution in [0.2, 0.25) is 0 Å². The topological polar surface area (TPSA) is 66.8 Å². The minimum Gasteiger partial charge on any atom is -0.489 e. The van der Waals surface area contributed by atoms with Crippen molar-refractivity contribution in [3.8, 4) is 5.75 Å². The van der Waals surface area contributed by atoms with Gasteiger partial charge >= 0.3 is 5.97 Å². The van der Waals surface area contributed by atoms with E-state index < -0.39 is 12.0 Å². The van der Waals surface area contributed by atoms with Crippen molar-refractivity contribution in [3.63, 3.8) is 0 Å². The van der Waals surface area contributed by atoms with Crippen molar-refractivity contribution in [1.29, 1.82) is 0 Å². The Morgan fingerprint density at radius 3 is 2.62 bits per heavy atom. The lowest BCUT2D eigenvalue weighted by Gasteiger charge is -2.21. The molecule has 5 nitrogen and oxygen atoms in total. The molecule has 2 aromatic rings. The minimum atomic E-state index is -0.947. The van der Waals surface area contributed by atoms with Crippen LogP contribution in [0, 0.1) is 0 Å². The van der Waals surface area contributed by atoms with Crippen LogP contribution in [0.25, 0.3) is 0 Å². The van der Waals surface area contributed by atoms with Gasteiger partial charge in [0.1, 0.15) is 18.4 Å². The smallest absolute Gasteiger partial charge is 0.326 e. The normalized spacial score (nSPS) is 17.1. The number of carboxylic acids is 1. The Labute approximate surface area is 140 Å². The van der Waals surface area contributed by atoms with Crippen LogP contribution in [0.1, 0.15) is 24.0 Å². The highest BCUT2D eigenvalue weighted by atomic mass is 16.5. The molecule has 1 saturated heterocycles. The predicted octanol–water partition coefficient (Wildman–Crippen LogP) is 2.84. The van der Waals surface area contributed by atoms with Crippen LogP contribution in [0.15, 0.2) is 54.6 Å². The first-order chi connectivity index (χ1) is 11.6. The summed E-state index contributed by atoms with van der Waals surface area (Å²) >= 11 is 0. The molecule has 2 aromatic carbocycles. The number of hydrogen-bond acceptors (Lipinski definition) is 3. The van der Waals surface area contributed by atoms with Gasteiger partial charge in [0.15, 0.2) is 0 Å². The fraction of sp³-hybridized carbons (Fsp3) is 0.263. The molecular formula is C19H19NO4. The van der Waals surface area contributed by atoms with Crippen molar-refractivity contribution in [1.82, 2.24) is 4.90 Å². The van der Waals surface area contributed by atoms with E-state index in [-0.39, 0.29) is 5.91 Å². The van der Waals surface area contributed by atoms with Crippen molar-refractivity contribution in [2.45, 2.75) is 32.0 Å². The molecule has 1 amide bonds. The van der Waals surface area contributed by atoms with Crippen LogP contribution in [-0.4, -0.2) is 27.9 Å². The predicted molar refractivity (Wildman–Crippen MR) is 88.4 cm³/mol. The number of nitrogens with zero attached hydrogens (tertiary/aromatic N) is 1. The summed E-state index contributed by atoms with van der Waals surface area (Å²) in [5.41, 5.74) is 1.94. The van der Waals surface area contributed by atoms with E-state index in [2.05, 4.69) is 0 Å². The van der Waals surface area contributed by atoms with Crippen LogP contribution < -0.4 is 4.74 Å². The number of carbonyl (C=O) groups is 2. The Bertz CT molecular complexity index is 729.